The Balaban J connectivity index is 1.71. The van der Waals surface area contributed by atoms with Crippen LogP contribution in [0.5, 0.6) is 5.75 Å². The third-order valence-electron chi connectivity index (χ3n) is 4.98. The number of nitrogens with zero attached hydrogens (tertiary/aromatic N) is 5. The van der Waals surface area contributed by atoms with E-state index in [1.165, 1.54) is 17.7 Å². The summed E-state index contributed by atoms with van der Waals surface area (Å²) in [4.78, 5) is 11.7. The number of anilines is 2. The Hall–Kier alpha value is -4.22. The molecular formula is C21H21FN6O5. The van der Waals surface area contributed by atoms with E-state index < -0.39 is 11.8 Å². The van der Waals surface area contributed by atoms with E-state index in [0.29, 0.717) is 26.2 Å². The fraction of sp³-hybridized carbons (Fsp3) is 0.286. The van der Waals surface area contributed by atoms with Crippen LogP contribution in [-0.2, 0) is 16.1 Å². The van der Waals surface area contributed by atoms with Crippen LogP contribution < -0.4 is 19.5 Å². The fourth-order valence-corrected chi connectivity index (χ4v) is 3.44. The number of hydrogen-bond acceptors (Lipinski definition) is 8. The summed E-state index contributed by atoms with van der Waals surface area (Å²) >= 11 is 0. The van der Waals surface area contributed by atoms with E-state index in [9.17, 15) is 19.6 Å². The third kappa shape index (κ3) is 4.02. The molecule has 4 aromatic rings. The monoisotopic (exact) mass is 456 g/mol. The van der Waals surface area contributed by atoms with Gasteiger partial charge in [-0.2, -0.15) is 4.73 Å². The molecule has 0 saturated heterocycles. The zero-order valence-corrected chi connectivity index (χ0v) is 18.2. The number of nitrogens with one attached hydrogen (secondary N) is 1. The maximum atomic E-state index is 14.3. The first-order valence-electron chi connectivity index (χ1n) is 10.2. The first kappa shape index (κ1) is 22.0. The van der Waals surface area contributed by atoms with Crippen LogP contribution in [0.4, 0.5) is 15.9 Å². The van der Waals surface area contributed by atoms with Crippen LogP contribution in [0, 0.1) is 23.2 Å². The Morgan fingerprint density at radius 2 is 1.91 bits per heavy atom. The lowest BCUT2D eigenvalue weighted by Crippen LogP contribution is -2.43. The lowest BCUT2D eigenvalue weighted by atomic mass is 10.2. The minimum Gasteiger partial charge on any atom is -0.710 e. The first-order chi connectivity index (χ1) is 15.8. The minimum atomic E-state index is -0.747. The summed E-state index contributed by atoms with van der Waals surface area (Å²) in [5.41, 5.74) is 1.41. The van der Waals surface area contributed by atoms with Crippen molar-refractivity contribution in [3.8, 4) is 5.75 Å². The van der Waals surface area contributed by atoms with E-state index in [1.807, 2.05) is 0 Å². The molecule has 0 amide bonds. The molecule has 11 nitrogen and oxygen atoms in total. The van der Waals surface area contributed by atoms with Crippen LogP contribution in [0.15, 0.2) is 30.3 Å². The molecule has 0 aliphatic heterocycles. The zero-order valence-electron chi connectivity index (χ0n) is 18.2. The predicted octanol–water partition coefficient (Wildman–Crippen LogP) is 2.00. The summed E-state index contributed by atoms with van der Waals surface area (Å²) in [6.07, 6.45) is 0. The number of carbonyl (C=O) groups excluding carboxylic acids is 1. The van der Waals surface area contributed by atoms with Gasteiger partial charge in [0.2, 0.25) is 5.52 Å². The van der Waals surface area contributed by atoms with Gasteiger partial charge in [0.15, 0.2) is 11.6 Å². The van der Waals surface area contributed by atoms with Crippen molar-refractivity contribution in [3.63, 3.8) is 0 Å². The SMILES string of the molecule is CCOC(=O)Cn1nnc2cc(Nc3c(C)[n+]([O-])c4cc(OCC)c(F)cc4[n+]3[O-])ccc21. The molecular weight excluding hydrogens is 435 g/mol. The van der Waals surface area contributed by atoms with E-state index >= 15 is 0 Å². The average Bonchev–Trinajstić information content (AvgIpc) is 3.18. The minimum absolute atomic E-state index is 0.0183. The molecule has 33 heavy (non-hydrogen) atoms. The molecule has 2 heterocycles. The molecule has 172 valence electrons. The van der Waals surface area contributed by atoms with Crippen molar-refractivity contribution >= 4 is 39.5 Å². The Morgan fingerprint density at radius 3 is 2.64 bits per heavy atom. The van der Waals surface area contributed by atoms with Crippen molar-refractivity contribution in [1.29, 1.82) is 0 Å². The molecule has 2 aromatic carbocycles. The number of hydrogen-bond donors (Lipinski definition) is 1. The lowest BCUT2D eigenvalue weighted by molar-refractivity contribution is -0.623. The molecule has 0 atom stereocenters. The molecule has 0 spiro atoms. The largest absolute Gasteiger partial charge is 0.710 e. The van der Waals surface area contributed by atoms with Gasteiger partial charge in [-0.3, -0.25) is 4.79 Å². The Morgan fingerprint density at radius 1 is 1.15 bits per heavy atom. The second-order valence-electron chi connectivity index (χ2n) is 7.11. The molecule has 0 aliphatic carbocycles. The van der Waals surface area contributed by atoms with Crippen molar-refractivity contribution in [1.82, 2.24) is 15.0 Å². The molecule has 0 unspecified atom stereocenters. The molecule has 0 aliphatic rings. The van der Waals surface area contributed by atoms with Crippen molar-refractivity contribution in [2.24, 2.45) is 0 Å². The number of benzene rings is 2. The van der Waals surface area contributed by atoms with Gasteiger partial charge in [-0.15, -0.1) is 5.10 Å². The molecule has 12 heteroatoms. The van der Waals surface area contributed by atoms with Gasteiger partial charge in [-0.05, 0) is 26.0 Å². The maximum absolute atomic E-state index is 14.3. The molecule has 4 rings (SSSR count). The van der Waals surface area contributed by atoms with Crippen molar-refractivity contribution in [2.45, 2.75) is 27.3 Å². The third-order valence-corrected chi connectivity index (χ3v) is 4.98. The number of carbonyl (C=O) groups is 1. The normalized spacial score (nSPS) is 11.2. The lowest BCUT2D eigenvalue weighted by Gasteiger charge is -2.15. The number of esters is 1. The van der Waals surface area contributed by atoms with Gasteiger partial charge in [0.25, 0.3) is 11.2 Å². The van der Waals surface area contributed by atoms with E-state index in [4.69, 9.17) is 9.47 Å². The summed E-state index contributed by atoms with van der Waals surface area (Å²) in [6.45, 7) is 5.26. The highest BCUT2D eigenvalue weighted by molar-refractivity contribution is 5.81. The fourth-order valence-electron chi connectivity index (χ4n) is 3.44. The predicted molar refractivity (Wildman–Crippen MR) is 115 cm³/mol. The number of aromatic nitrogens is 5. The summed E-state index contributed by atoms with van der Waals surface area (Å²) < 4.78 is 26.8. The van der Waals surface area contributed by atoms with Crippen molar-refractivity contribution < 1.29 is 28.1 Å². The number of ether oxygens (including phenoxy) is 2. The standard InChI is InChI=1S/C21H21FN6O5/c1-4-32-19-10-18-17(9-14(19)22)28(31)21(12(3)27(18)30)23-13-6-7-16-15(8-13)24-25-26(16)11-20(29)33-5-2/h6-10,23H,4-5,11H2,1-3H3. The molecule has 0 saturated carbocycles. The van der Waals surface area contributed by atoms with E-state index in [1.54, 1.807) is 32.0 Å². The highest BCUT2D eigenvalue weighted by atomic mass is 19.1. The van der Waals surface area contributed by atoms with Gasteiger partial charge in [-0.25, -0.2) is 19.1 Å². The van der Waals surface area contributed by atoms with Crippen LogP contribution >= 0.6 is 0 Å². The second kappa shape index (κ2) is 8.73. The van der Waals surface area contributed by atoms with Crippen LogP contribution in [0.2, 0.25) is 0 Å². The van der Waals surface area contributed by atoms with Crippen LogP contribution in [0.3, 0.4) is 0 Å². The van der Waals surface area contributed by atoms with Gasteiger partial charge in [0.05, 0.1) is 24.8 Å². The molecule has 0 radical (unpaired) electrons. The summed E-state index contributed by atoms with van der Waals surface area (Å²) in [5.74, 6) is -1.36. The van der Waals surface area contributed by atoms with Gasteiger partial charge in [-0.1, -0.05) is 5.21 Å². The van der Waals surface area contributed by atoms with Crippen molar-refractivity contribution in [2.75, 3.05) is 18.5 Å². The maximum Gasteiger partial charge on any atom is 0.352 e. The summed E-state index contributed by atoms with van der Waals surface area (Å²) in [7, 11) is 0. The molecule has 1 N–H and O–H groups in total. The smallest absolute Gasteiger partial charge is 0.352 e. The highest BCUT2D eigenvalue weighted by Gasteiger charge is 2.26. The summed E-state index contributed by atoms with van der Waals surface area (Å²) in [6, 6.07) is 7.10. The Bertz CT molecular complexity index is 1370. The van der Waals surface area contributed by atoms with Gasteiger partial charge in [0, 0.05) is 19.1 Å². The summed E-state index contributed by atoms with van der Waals surface area (Å²) in [5, 5.41) is 36.7. The van der Waals surface area contributed by atoms with Crippen LogP contribution in [0.1, 0.15) is 19.5 Å². The van der Waals surface area contributed by atoms with E-state index in [2.05, 4.69) is 15.6 Å². The van der Waals surface area contributed by atoms with Gasteiger partial charge < -0.3 is 19.9 Å². The topological polar surface area (TPSA) is 132 Å². The number of halogens is 1. The average molecular weight is 456 g/mol. The van der Waals surface area contributed by atoms with Crippen LogP contribution in [-0.4, -0.2) is 34.2 Å². The Kier molecular flexibility index (Phi) is 5.82. The van der Waals surface area contributed by atoms with Gasteiger partial charge >= 0.3 is 11.8 Å². The molecule has 2 aromatic heterocycles. The molecule has 0 bridgehead atoms. The van der Waals surface area contributed by atoms with Crippen LogP contribution in [0.25, 0.3) is 22.1 Å². The van der Waals surface area contributed by atoms with E-state index in [-0.39, 0.29) is 48.1 Å². The molecule has 0 fully saturated rings. The number of fused-ring (bicyclic) bond motifs is 2. The quantitative estimate of drug-likeness (QED) is 0.254. The highest BCUT2D eigenvalue weighted by Crippen LogP contribution is 2.25. The van der Waals surface area contributed by atoms with E-state index in [0.717, 1.165) is 6.07 Å². The number of rotatable bonds is 7. The Labute approximate surface area is 187 Å². The van der Waals surface area contributed by atoms with Crippen molar-refractivity contribution in [3.05, 3.63) is 52.3 Å². The zero-order chi connectivity index (χ0) is 23.7. The second-order valence-corrected chi connectivity index (χ2v) is 7.11. The van der Waals surface area contributed by atoms with Gasteiger partial charge in [0.1, 0.15) is 17.7 Å². The first-order valence-corrected chi connectivity index (χ1v) is 10.2.